The fraction of sp³-hybridized carbons (Fsp3) is 0. The first-order valence-corrected chi connectivity index (χ1v) is 2.33. The van der Waals surface area contributed by atoms with Gasteiger partial charge in [0.1, 0.15) is 0 Å². The van der Waals surface area contributed by atoms with Gasteiger partial charge in [0.15, 0.2) is 0 Å². The minimum Gasteiger partial charge on any atom is -0.352 e. The summed E-state index contributed by atoms with van der Waals surface area (Å²) < 4.78 is -0.444. The van der Waals surface area contributed by atoms with Crippen LogP contribution in [-0.2, 0) is 0 Å². The first-order chi connectivity index (χ1) is 3.46. The predicted molar refractivity (Wildman–Crippen MR) is 37.1 cm³/mol. The lowest BCUT2D eigenvalue weighted by Gasteiger charge is -1.62. The van der Waals surface area contributed by atoms with Crippen LogP contribution in [0.2, 0.25) is 0 Å². The number of hydrogen-bond acceptors (Lipinski definition) is 2. The topological polar surface area (TPSA) is 86.2 Å². The molecule has 2 amide bonds. The quantitative estimate of drug-likeness (QED) is 0.370. The summed E-state index contributed by atoms with van der Waals surface area (Å²) >= 11 is 6.38. The van der Waals surface area contributed by atoms with Crippen LogP contribution in [0.4, 0.5) is 9.59 Å². The minimum absolute atomic E-state index is 0.444. The Morgan fingerprint density at radius 1 is 1.12 bits per heavy atom. The highest BCUT2D eigenvalue weighted by Gasteiger charge is 1.65. The van der Waals surface area contributed by atoms with Crippen molar-refractivity contribution < 1.29 is 9.59 Å². The number of carbonyl (C=O) groups is 2. The van der Waals surface area contributed by atoms with Gasteiger partial charge in [0.2, 0.25) is 4.45 Å². The third kappa shape index (κ3) is 937. The lowest BCUT2D eigenvalue weighted by molar-refractivity contribution is 0.256. The van der Waals surface area contributed by atoms with E-state index in [0.717, 1.165) is 0 Å². The Hall–Kier alpha value is -0.360. The number of thiol groups is 2. The molecular weight excluding hydrogens is 148 g/mol. The van der Waals surface area contributed by atoms with Crippen LogP contribution in [0.1, 0.15) is 0 Å². The van der Waals surface area contributed by atoms with Gasteiger partial charge in [-0.15, -0.1) is 0 Å². The summed E-state index contributed by atoms with van der Waals surface area (Å²) in [5.41, 5.74) is 8.50. The molecular formula is C2H6N2O2S2. The lowest BCUT2D eigenvalue weighted by Crippen LogP contribution is -2.18. The van der Waals surface area contributed by atoms with Crippen LogP contribution in [0.5, 0.6) is 0 Å². The molecule has 0 aliphatic carbocycles. The van der Waals surface area contributed by atoms with Crippen molar-refractivity contribution in [3.8, 4) is 0 Å². The number of nitrogens with two attached hydrogens (primary N) is 2. The SMILES string of the molecule is NC(N)=O.O=C(S)S. The van der Waals surface area contributed by atoms with Gasteiger partial charge in [-0.05, 0) is 0 Å². The van der Waals surface area contributed by atoms with Crippen LogP contribution >= 0.6 is 25.3 Å². The van der Waals surface area contributed by atoms with Gasteiger partial charge in [-0.1, -0.05) is 25.3 Å². The van der Waals surface area contributed by atoms with E-state index in [-0.39, 0.29) is 0 Å². The van der Waals surface area contributed by atoms with Gasteiger partial charge in [-0.25, -0.2) is 4.79 Å². The Labute approximate surface area is 57.4 Å². The van der Waals surface area contributed by atoms with E-state index < -0.39 is 10.5 Å². The Morgan fingerprint density at radius 3 is 1.12 bits per heavy atom. The van der Waals surface area contributed by atoms with Crippen molar-refractivity contribution in [2.45, 2.75) is 0 Å². The second kappa shape index (κ2) is 6.64. The average Bonchev–Trinajstić information content (AvgIpc) is 1.25. The van der Waals surface area contributed by atoms with Gasteiger partial charge in [0, 0.05) is 0 Å². The Kier molecular flexibility index (Phi) is 8.79. The van der Waals surface area contributed by atoms with Crippen molar-refractivity contribution in [3.63, 3.8) is 0 Å². The molecule has 0 atom stereocenters. The number of urea groups is 1. The van der Waals surface area contributed by atoms with Crippen molar-refractivity contribution in [1.82, 2.24) is 0 Å². The molecule has 4 N–H and O–H groups in total. The van der Waals surface area contributed by atoms with Crippen LogP contribution in [0, 0.1) is 0 Å². The summed E-state index contributed by atoms with van der Waals surface area (Å²) in [5.74, 6) is 0. The molecule has 0 aromatic heterocycles. The molecule has 0 rings (SSSR count). The van der Waals surface area contributed by atoms with Gasteiger partial charge in [-0.3, -0.25) is 4.79 Å². The van der Waals surface area contributed by atoms with E-state index in [2.05, 4.69) is 36.7 Å². The zero-order chi connectivity index (χ0) is 7.15. The zero-order valence-corrected chi connectivity index (χ0v) is 5.65. The molecule has 6 heteroatoms. The first-order valence-electron chi connectivity index (χ1n) is 1.43. The van der Waals surface area contributed by atoms with Crippen LogP contribution < -0.4 is 11.5 Å². The highest BCUT2D eigenvalue weighted by molar-refractivity contribution is 8.23. The molecule has 0 saturated heterocycles. The van der Waals surface area contributed by atoms with Gasteiger partial charge >= 0.3 is 6.03 Å². The third-order valence-electron chi connectivity index (χ3n) is 0. The van der Waals surface area contributed by atoms with Crippen LogP contribution in [0.15, 0.2) is 0 Å². The maximum absolute atomic E-state index is 9.17. The van der Waals surface area contributed by atoms with E-state index in [4.69, 9.17) is 4.79 Å². The van der Waals surface area contributed by atoms with Crippen molar-refractivity contribution in [1.29, 1.82) is 0 Å². The summed E-state index contributed by atoms with van der Waals surface area (Å²) in [7, 11) is 0. The number of amides is 2. The molecule has 0 bridgehead atoms. The van der Waals surface area contributed by atoms with E-state index in [0.29, 0.717) is 0 Å². The highest BCUT2D eigenvalue weighted by atomic mass is 32.2. The fourth-order valence-electron chi connectivity index (χ4n) is 0. The number of hydrogen-bond donors (Lipinski definition) is 4. The molecule has 0 aromatic carbocycles. The summed E-state index contributed by atoms with van der Waals surface area (Å²) in [6.07, 6.45) is 0. The minimum atomic E-state index is -0.833. The lowest BCUT2D eigenvalue weighted by atomic mass is 11.2. The molecule has 0 saturated carbocycles. The van der Waals surface area contributed by atoms with Crippen molar-refractivity contribution in [2.24, 2.45) is 11.5 Å². The second-order valence-corrected chi connectivity index (χ2v) is 1.85. The molecule has 48 valence electrons. The second-order valence-electron chi connectivity index (χ2n) is 0.685. The molecule has 0 aliphatic heterocycles. The largest absolute Gasteiger partial charge is 0.352 e. The van der Waals surface area contributed by atoms with Gasteiger partial charge in [0.25, 0.3) is 0 Å². The summed E-state index contributed by atoms with van der Waals surface area (Å²) in [5, 5.41) is 0. The number of rotatable bonds is 0. The molecule has 0 spiro atoms. The smallest absolute Gasteiger partial charge is 0.309 e. The molecule has 4 nitrogen and oxygen atoms in total. The fourth-order valence-corrected chi connectivity index (χ4v) is 0. The summed E-state index contributed by atoms with van der Waals surface area (Å²) in [6, 6.07) is -0.833. The molecule has 8 heavy (non-hydrogen) atoms. The zero-order valence-electron chi connectivity index (χ0n) is 3.87. The van der Waals surface area contributed by atoms with E-state index in [1.807, 2.05) is 0 Å². The van der Waals surface area contributed by atoms with Gasteiger partial charge < -0.3 is 11.5 Å². The molecule has 0 aliphatic rings. The Bertz CT molecular complexity index is 74.0. The van der Waals surface area contributed by atoms with Crippen LogP contribution in [-0.4, -0.2) is 10.5 Å². The molecule has 0 unspecified atom stereocenters. The summed E-state index contributed by atoms with van der Waals surface area (Å²) in [6.45, 7) is 0. The van der Waals surface area contributed by atoms with Crippen molar-refractivity contribution in [2.75, 3.05) is 0 Å². The van der Waals surface area contributed by atoms with Gasteiger partial charge in [0.05, 0.1) is 0 Å². The van der Waals surface area contributed by atoms with Crippen molar-refractivity contribution >= 4 is 35.7 Å². The summed E-state index contributed by atoms with van der Waals surface area (Å²) in [4.78, 5) is 18.2. The van der Waals surface area contributed by atoms with E-state index in [1.165, 1.54) is 0 Å². The highest BCUT2D eigenvalue weighted by Crippen LogP contribution is 1.81. The Morgan fingerprint density at radius 2 is 1.12 bits per heavy atom. The molecule has 0 fully saturated rings. The number of carbonyl (C=O) groups excluding carboxylic acids is 2. The van der Waals surface area contributed by atoms with Crippen LogP contribution in [0.3, 0.4) is 0 Å². The van der Waals surface area contributed by atoms with Crippen molar-refractivity contribution in [3.05, 3.63) is 0 Å². The van der Waals surface area contributed by atoms with E-state index in [9.17, 15) is 4.79 Å². The maximum Gasteiger partial charge on any atom is 0.309 e. The maximum atomic E-state index is 9.17. The van der Waals surface area contributed by atoms with Crippen LogP contribution in [0.25, 0.3) is 0 Å². The molecule has 0 radical (unpaired) electrons. The monoisotopic (exact) mass is 154 g/mol. The van der Waals surface area contributed by atoms with E-state index in [1.54, 1.807) is 0 Å². The normalized spacial score (nSPS) is 6.25. The standard InChI is InChI=1S/CH4N2O.CH2OS2/c2*2-1(3)4/h(H4,2,3,4);(H2,2,3,4). The predicted octanol–water partition coefficient (Wildman–Crippen LogP) is -0.0102. The Balaban J connectivity index is 0. The molecule has 0 aromatic rings. The van der Waals surface area contributed by atoms with Gasteiger partial charge in [-0.2, -0.15) is 0 Å². The number of primary amides is 2. The average molecular weight is 154 g/mol. The third-order valence-corrected chi connectivity index (χ3v) is 0. The first kappa shape index (κ1) is 10.6. The molecule has 0 heterocycles. The van der Waals surface area contributed by atoms with E-state index >= 15 is 0 Å².